The Bertz CT molecular complexity index is 1150. The van der Waals surface area contributed by atoms with Crippen molar-refractivity contribution in [1.29, 1.82) is 0 Å². The Morgan fingerprint density at radius 1 is 1.25 bits per heavy atom. The van der Waals surface area contributed by atoms with Gasteiger partial charge in [0.1, 0.15) is 0 Å². The topological polar surface area (TPSA) is 96.0 Å². The molecule has 1 amide bonds. The molecule has 9 heteroatoms. The van der Waals surface area contributed by atoms with Gasteiger partial charge in [-0.2, -0.15) is 4.99 Å². The van der Waals surface area contributed by atoms with Crippen LogP contribution in [0.4, 0.5) is 5.69 Å². The van der Waals surface area contributed by atoms with Crippen molar-refractivity contribution in [2.75, 3.05) is 14.2 Å². The largest absolute Gasteiger partial charge is 0.493 e. The highest BCUT2D eigenvalue weighted by molar-refractivity contribution is 7.16. The Balaban J connectivity index is 2.12. The molecule has 0 N–H and O–H groups in total. The number of aromatic nitrogens is 1. The quantitative estimate of drug-likeness (QED) is 0.359. The summed E-state index contributed by atoms with van der Waals surface area (Å²) < 4.78 is 12.8. The van der Waals surface area contributed by atoms with Crippen molar-refractivity contribution < 1.29 is 19.2 Å². The van der Waals surface area contributed by atoms with E-state index in [4.69, 9.17) is 9.47 Å². The minimum absolute atomic E-state index is 0.0164. The van der Waals surface area contributed by atoms with E-state index in [-0.39, 0.29) is 5.69 Å². The lowest BCUT2D eigenvalue weighted by Crippen LogP contribution is -2.16. The molecule has 0 unspecified atom stereocenters. The average molecular weight is 399 g/mol. The van der Waals surface area contributed by atoms with Crippen LogP contribution in [0.1, 0.15) is 10.4 Å². The van der Waals surface area contributed by atoms with Gasteiger partial charge < -0.3 is 14.0 Å². The molecule has 0 saturated carbocycles. The van der Waals surface area contributed by atoms with Gasteiger partial charge in [-0.25, -0.2) is 0 Å². The van der Waals surface area contributed by atoms with Gasteiger partial charge in [-0.15, -0.1) is 6.58 Å². The first-order chi connectivity index (χ1) is 13.5. The molecule has 0 radical (unpaired) electrons. The van der Waals surface area contributed by atoms with Gasteiger partial charge in [0.05, 0.1) is 29.4 Å². The maximum atomic E-state index is 12.7. The molecule has 0 aliphatic carbocycles. The number of carbonyl (C=O) groups excluding carboxylic acids is 1. The van der Waals surface area contributed by atoms with Crippen LogP contribution < -0.4 is 14.3 Å². The highest BCUT2D eigenvalue weighted by Gasteiger charge is 2.14. The summed E-state index contributed by atoms with van der Waals surface area (Å²) in [5.74, 6) is 0.476. The number of ether oxygens (including phenoxy) is 2. The Kier molecular flexibility index (Phi) is 5.55. The molecule has 8 nitrogen and oxygen atoms in total. The number of hydrogen-bond acceptors (Lipinski definition) is 6. The molecule has 1 aromatic heterocycles. The van der Waals surface area contributed by atoms with E-state index in [1.807, 2.05) is 0 Å². The number of nitro groups is 1. The van der Waals surface area contributed by atoms with E-state index in [1.165, 1.54) is 37.7 Å². The van der Waals surface area contributed by atoms with Crippen molar-refractivity contribution >= 4 is 33.1 Å². The number of nitrogens with zero attached hydrogens (tertiary/aromatic N) is 3. The molecular weight excluding hydrogens is 382 g/mol. The molecule has 28 heavy (non-hydrogen) atoms. The van der Waals surface area contributed by atoms with E-state index in [2.05, 4.69) is 11.6 Å². The number of nitro benzene ring substituents is 1. The number of allylic oxidation sites excluding steroid dienone is 1. The maximum absolute atomic E-state index is 12.7. The smallest absolute Gasteiger partial charge is 0.279 e. The number of methoxy groups -OCH3 is 2. The number of hydrogen-bond donors (Lipinski definition) is 0. The summed E-state index contributed by atoms with van der Waals surface area (Å²) in [5.41, 5.74) is 1.07. The molecule has 3 aromatic rings. The zero-order valence-corrected chi connectivity index (χ0v) is 16.1. The van der Waals surface area contributed by atoms with E-state index in [0.717, 1.165) is 5.52 Å². The van der Waals surface area contributed by atoms with Gasteiger partial charge in [0.15, 0.2) is 16.3 Å². The van der Waals surface area contributed by atoms with Crippen LogP contribution in [-0.2, 0) is 6.54 Å². The van der Waals surface area contributed by atoms with Crippen LogP contribution in [-0.4, -0.2) is 29.6 Å². The fourth-order valence-electron chi connectivity index (χ4n) is 2.69. The molecule has 0 aliphatic heterocycles. The molecule has 3 rings (SSSR count). The van der Waals surface area contributed by atoms with Gasteiger partial charge in [0, 0.05) is 24.2 Å². The molecule has 2 aromatic carbocycles. The van der Waals surface area contributed by atoms with E-state index >= 15 is 0 Å². The Morgan fingerprint density at radius 2 is 2.00 bits per heavy atom. The molecule has 0 fully saturated rings. The van der Waals surface area contributed by atoms with Crippen LogP contribution in [0.3, 0.4) is 0 Å². The number of thiazole rings is 1. The summed E-state index contributed by atoms with van der Waals surface area (Å²) in [6.45, 7) is 4.14. The van der Waals surface area contributed by atoms with E-state index in [9.17, 15) is 14.9 Å². The van der Waals surface area contributed by atoms with Crippen LogP contribution in [0.2, 0.25) is 0 Å². The Morgan fingerprint density at radius 3 is 2.64 bits per heavy atom. The molecule has 0 spiro atoms. The maximum Gasteiger partial charge on any atom is 0.279 e. The molecule has 0 bridgehead atoms. The summed E-state index contributed by atoms with van der Waals surface area (Å²) in [5, 5.41) is 11.0. The van der Waals surface area contributed by atoms with Gasteiger partial charge in [-0.05, 0) is 24.3 Å². The third-order valence-corrected chi connectivity index (χ3v) is 5.06. The van der Waals surface area contributed by atoms with Crippen molar-refractivity contribution in [3.05, 3.63) is 69.5 Å². The lowest BCUT2D eigenvalue weighted by molar-refractivity contribution is -0.384. The number of carbonyl (C=O) groups is 1. The first-order valence-electron chi connectivity index (χ1n) is 8.18. The number of benzene rings is 2. The fraction of sp³-hybridized carbons (Fsp3) is 0.158. The van der Waals surface area contributed by atoms with Crippen LogP contribution in [0, 0.1) is 10.1 Å². The second kappa shape index (κ2) is 8.05. The van der Waals surface area contributed by atoms with Crippen LogP contribution in [0.15, 0.2) is 54.0 Å². The molecule has 0 aliphatic rings. The number of non-ortho nitro benzene ring substituents is 1. The highest BCUT2D eigenvalue weighted by atomic mass is 32.1. The highest BCUT2D eigenvalue weighted by Crippen LogP contribution is 2.28. The lowest BCUT2D eigenvalue weighted by atomic mass is 10.2. The first kappa shape index (κ1) is 19.3. The molecular formula is C19H17N3O5S. The average Bonchev–Trinajstić information content (AvgIpc) is 3.03. The normalized spacial score (nSPS) is 11.4. The summed E-state index contributed by atoms with van der Waals surface area (Å²) >= 11 is 1.20. The van der Waals surface area contributed by atoms with Crippen LogP contribution in [0.25, 0.3) is 10.2 Å². The summed E-state index contributed by atoms with van der Waals surface area (Å²) in [7, 11) is 3.00. The van der Waals surface area contributed by atoms with E-state index < -0.39 is 10.8 Å². The summed E-state index contributed by atoms with van der Waals surface area (Å²) in [6.07, 6.45) is 1.67. The first-order valence-corrected chi connectivity index (χ1v) is 9.00. The minimum Gasteiger partial charge on any atom is -0.493 e. The lowest BCUT2D eigenvalue weighted by Gasteiger charge is -2.07. The van der Waals surface area contributed by atoms with Crippen molar-refractivity contribution in [3.8, 4) is 11.5 Å². The van der Waals surface area contributed by atoms with Gasteiger partial charge >= 0.3 is 0 Å². The summed E-state index contributed by atoms with van der Waals surface area (Å²) in [6, 6.07) is 9.33. The van der Waals surface area contributed by atoms with Crippen LogP contribution >= 0.6 is 11.3 Å². The number of rotatable bonds is 6. The fourth-order valence-corrected chi connectivity index (χ4v) is 3.76. The number of amides is 1. The number of fused-ring (bicyclic) bond motifs is 1. The second-order valence-corrected chi connectivity index (χ2v) is 6.69. The molecule has 0 atom stereocenters. The molecule has 144 valence electrons. The third-order valence-electron chi connectivity index (χ3n) is 4.02. The Hall–Kier alpha value is -3.46. The van der Waals surface area contributed by atoms with Crippen molar-refractivity contribution in [1.82, 2.24) is 4.57 Å². The zero-order chi connectivity index (χ0) is 20.3. The van der Waals surface area contributed by atoms with Crippen LogP contribution in [0.5, 0.6) is 11.5 Å². The molecule has 1 heterocycles. The van der Waals surface area contributed by atoms with Gasteiger partial charge in [-0.3, -0.25) is 14.9 Å². The predicted molar refractivity (Wildman–Crippen MR) is 106 cm³/mol. The van der Waals surface area contributed by atoms with E-state index in [1.54, 1.807) is 34.9 Å². The third kappa shape index (κ3) is 3.65. The van der Waals surface area contributed by atoms with Gasteiger partial charge in [-0.1, -0.05) is 17.4 Å². The molecule has 0 saturated heterocycles. The minimum atomic E-state index is -0.458. The van der Waals surface area contributed by atoms with Gasteiger partial charge in [0.25, 0.3) is 11.6 Å². The van der Waals surface area contributed by atoms with Gasteiger partial charge in [0.2, 0.25) is 0 Å². The SMILES string of the molecule is C=CCn1c(=NC(=O)c2ccc(OC)c(OC)c2)sc2cc([N+](=O)[O-])ccc21. The summed E-state index contributed by atoms with van der Waals surface area (Å²) in [4.78, 5) is 27.9. The zero-order valence-electron chi connectivity index (χ0n) is 15.2. The van der Waals surface area contributed by atoms with Crippen molar-refractivity contribution in [2.24, 2.45) is 4.99 Å². The predicted octanol–water partition coefficient (Wildman–Crippen LogP) is 3.56. The van der Waals surface area contributed by atoms with Crippen molar-refractivity contribution in [2.45, 2.75) is 6.54 Å². The second-order valence-electron chi connectivity index (χ2n) is 5.68. The standard InChI is InChI=1S/C19H17N3O5S/c1-4-9-21-14-7-6-13(22(24)25)11-17(14)28-19(21)20-18(23)12-5-8-15(26-2)16(10-12)27-3/h4-8,10-11H,1,9H2,2-3H3. The monoisotopic (exact) mass is 399 g/mol. The Labute approximate surface area is 164 Å². The van der Waals surface area contributed by atoms with E-state index in [0.29, 0.717) is 33.1 Å². The van der Waals surface area contributed by atoms with Crippen molar-refractivity contribution in [3.63, 3.8) is 0 Å².